The van der Waals surface area contributed by atoms with Gasteiger partial charge in [-0.2, -0.15) is 0 Å². The molecule has 0 saturated heterocycles. The van der Waals surface area contributed by atoms with Crippen molar-refractivity contribution in [1.82, 2.24) is 4.98 Å². The largest absolute Gasteiger partial charge is 0.472 e. The summed E-state index contributed by atoms with van der Waals surface area (Å²) >= 11 is 1.58. The third-order valence-electron chi connectivity index (χ3n) is 2.61. The molecule has 3 rings (SSSR count). The van der Waals surface area contributed by atoms with Gasteiger partial charge in [0.05, 0.1) is 11.8 Å². The van der Waals surface area contributed by atoms with Crippen LogP contribution in [0.1, 0.15) is 10.4 Å². The van der Waals surface area contributed by atoms with Gasteiger partial charge in [-0.1, -0.05) is 0 Å². The van der Waals surface area contributed by atoms with Gasteiger partial charge in [0.1, 0.15) is 11.3 Å². The van der Waals surface area contributed by atoms with E-state index in [1.54, 1.807) is 23.6 Å². The molecule has 19 heavy (non-hydrogen) atoms. The minimum Gasteiger partial charge on any atom is -0.472 e. The molecule has 4 nitrogen and oxygen atoms in total. The third-order valence-corrected chi connectivity index (χ3v) is 3.43. The van der Waals surface area contributed by atoms with Gasteiger partial charge in [-0.3, -0.25) is 4.79 Å². The standard InChI is InChI=1S/C14H10N2O2S/c17-13(11-5-7-18-9-11)16-12-3-1-10(2-4-12)14-15-6-8-19-14/h1-9H,(H,16,17). The Labute approximate surface area is 113 Å². The summed E-state index contributed by atoms with van der Waals surface area (Å²) in [7, 11) is 0. The Morgan fingerprint density at radius 1 is 1.21 bits per heavy atom. The number of nitrogens with zero attached hydrogens (tertiary/aromatic N) is 1. The molecule has 0 bridgehead atoms. The molecule has 94 valence electrons. The van der Waals surface area contributed by atoms with Gasteiger partial charge < -0.3 is 9.73 Å². The van der Waals surface area contributed by atoms with E-state index in [0.29, 0.717) is 5.56 Å². The Balaban J connectivity index is 1.75. The number of nitrogens with one attached hydrogen (secondary N) is 1. The lowest BCUT2D eigenvalue weighted by Gasteiger charge is -2.04. The number of carbonyl (C=O) groups is 1. The van der Waals surface area contributed by atoms with Crippen LogP contribution < -0.4 is 5.32 Å². The first-order chi connectivity index (χ1) is 9.33. The summed E-state index contributed by atoms with van der Waals surface area (Å²) in [6.07, 6.45) is 4.66. The lowest BCUT2D eigenvalue weighted by atomic mass is 10.2. The number of hydrogen-bond acceptors (Lipinski definition) is 4. The third kappa shape index (κ3) is 2.56. The van der Waals surface area contributed by atoms with Crippen LogP contribution in [0, 0.1) is 0 Å². The molecular weight excluding hydrogens is 260 g/mol. The molecule has 0 aliphatic rings. The molecular formula is C14H10N2O2S. The predicted octanol–water partition coefficient (Wildman–Crippen LogP) is 3.66. The number of carbonyl (C=O) groups excluding carboxylic acids is 1. The van der Waals surface area contributed by atoms with Crippen LogP contribution in [-0.4, -0.2) is 10.9 Å². The summed E-state index contributed by atoms with van der Waals surface area (Å²) in [6.45, 7) is 0. The van der Waals surface area contributed by atoms with Crippen LogP contribution in [0.3, 0.4) is 0 Å². The van der Waals surface area contributed by atoms with E-state index in [-0.39, 0.29) is 5.91 Å². The summed E-state index contributed by atoms with van der Waals surface area (Å²) in [5, 5.41) is 5.70. The molecule has 0 radical (unpaired) electrons. The fourth-order valence-electron chi connectivity index (χ4n) is 1.66. The smallest absolute Gasteiger partial charge is 0.258 e. The highest BCUT2D eigenvalue weighted by Crippen LogP contribution is 2.23. The molecule has 0 unspecified atom stereocenters. The van der Waals surface area contributed by atoms with Gasteiger partial charge in [0.15, 0.2) is 0 Å². The average Bonchev–Trinajstić information content (AvgIpc) is 3.13. The predicted molar refractivity (Wildman–Crippen MR) is 74.2 cm³/mol. The Morgan fingerprint density at radius 3 is 2.68 bits per heavy atom. The maximum atomic E-state index is 11.8. The fraction of sp³-hybridized carbons (Fsp3) is 0. The van der Waals surface area contributed by atoms with Crippen LogP contribution in [0.2, 0.25) is 0 Å². The van der Waals surface area contributed by atoms with Crippen LogP contribution >= 0.6 is 11.3 Å². The maximum Gasteiger partial charge on any atom is 0.258 e. The Hall–Kier alpha value is -2.40. The molecule has 0 fully saturated rings. The molecule has 0 spiro atoms. The van der Waals surface area contributed by atoms with Crippen molar-refractivity contribution in [1.29, 1.82) is 0 Å². The maximum absolute atomic E-state index is 11.8. The van der Waals surface area contributed by atoms with Crippen molar-refractivity contribution in [3.63, 3.8) is 0 Å². The van der Waals surface area contributed by atoms with Gasteiger partial charge in [0.25, 0.3) is 5.91 Å². The van der Waals surface area contributed by atoms with Gasteiger partial charge in [-0.05, 0) is 30.3 Å². The van der Waals surface area contributed by atoms with E-state index < -0.39 is 0 Å². The van der Waals surface area contributed by atoms with Crippen LogP contribution in [0.15, 0.2) is 58.9 Å². The SMILES string of the molecule is O=C(Nc1ccc(-c2nccs2)cc1)c1ccoc1. The zero-order valence-corrected chi connectivity index (χ0v) is 10.7. The first-order valence-electron chi connectivity index (χ1n) is 5.66. The van der Waals surface area contributed by atoms with Crippen molar-refractivity contribution in [3.05, 3.63) is 60.0 Å². The van der Waals surface area contributed by atoms with Gasteiger partial charge in [-0.15, -0.1) is 11.3 Å². The highest BCUT2D eigenvalue weighted by molar-refractivity contribution is 7.13. The van der Waals surface area contributed by atoms with E-state index in [9.17, 15) is 4.79 Å². The van der Waals surface area contributed by atoms with Crippen LogP contribution in [0.5, 0.6) is 0 Å². The number of hydrogen-bond donors (Lipinski definition) is 1. The molecule has 0 aliphatic carbocycles. The number of anilines is 1. The number of furan rings is 1. The minimum absolute atomic E-state index is 0.184. The molecule has 0 atom stereocenters. The van der Waals surface area contributed by atoms with Gasteiger partial charge in [0.2, 0.25) is 0 Å². The lowest BCUT2D eigenvalue weighted by Crippen LogP contribution is -2.10. The topological polar surface area (TPSA) is 55.1 Å². The van der Waals surface area contributed by atoms with Crippen LogP contribution in [0.25, 0.3) is 10.6 Å². The van der Waals surface area contributed by atoms with E-state index in [0.717, 1.165) is 16.3 Å². The number of aromatic nitrogens is 1. The van der Waals surface area contributed by atoms with E-state index >= 15 is 0 Å². The molecule has 2 aromatic heterocycles. The fourth-order valence-corrected chi connectivity index (χ4v) is 2.30. The summed E-state index contributed by atoms with van der Waals surface area (Å²) < 4.78 is 4.87. The van der Waals surface area contributed by atoms with Crippen LogP contribution in [-0.2, 0) is 0 Å². The summed E-state index contributed by atoms with van der Waals surface area (Å²) in [4.78, 5) is 16.0. The zero-order chi connectivity index (χ0) is 13.1. The van der Waals surface area contributed by atoms with Crippen molar-refractivity contribution in [2.45, 2.75) is 0 Å². The van der Waals surface area contributed by atoms with E-state index in [1.807, 2.05) is 29.6 Å². The quantitative estimate of drug-likeness (QED) is 0.790. The normalized spacial score (nSPS) is 10.3. The molecule has 1 N–H and O–H groups in total. The van der Waals surface area contributed by atoms with Crippen molar-refractivity contribution in [3.8, 4) is 10.6 Å². The summed E-state index contributed by atoms with van der Waals surface area (Å²) in [5.41, 5.74) is 2.28. The zero-order valence-electron chi connectivity index (χ0n) is 9.87. The monoisotopic (exact) mass is 270 g/mol. The second kappa shape index (κ2) is 5.07. The second-order valence-electron chi connectivity index (χ2n) is 3.88. The van der Waals surface area contributed by atoms with Crippen molar-refractivity contribution in [2.75, 3.05) is 5.32 Å². The van der Waals surface area contributed by atoms with Crippen LogP contribution in [0.4, 0.5) is 5.69 Å². The lowest BCUT2D eigenvalue weighted by molar-refractivity contribution is 0.102. The number of benzene rings is 1. The van der Waals surface area contributed by atoms with Crippen molar-refractivity contribution < 1.29 is 9.21 Å². The number of amides is 1. The van der Waals surface area contributed by atoms with Gasteiger partial charge >= 0.3 is 0 Å². The average molecular weight is 270 g/mol. The molecule has 1 amide bonds. The van der Waals surface area contributed by atoms with E-state index in [2.05, 4.69) is 10.3 Å². The molecule has 3 aromatic rings. The second-order valence-corrected chi connectivity index (χ2v) is 4.78. The Morgan fingerprint density at radius 2 is 2.05 bits per heavy atom. The highest BCUT2D eigenvalue weighted by atomic mass is 32.1. The highest BCUT2D eigenvalue weighted by Gasteiger charge is 2.07. The first-order valence-corrected chi connectivity index (χ1v) is 6.54. The number of rotatable bonds is 3. The number of thiazole rings is 1. The molecule has 0 aliphatic heterocycles. The van der Waals surface area contributed by atoms with E-state index in [4.69, 9.17) is 4.42 Å². The molecule has 5 heteroatoms. The molecule has 1 aromatic carbocycles. The summed E-state index contributed by atoms with van der Waals surface area (Å²) in [6, 6.07) is 9.20. The summed E-state index contributed by atoms with van der Waals surface area (Å²) in [5.74, 6) is -0.184. The minimum atomic E-state index is -0.184. The van der Waals surface area contributed by atoms with Crippen molar-refractivity contribution >= 4 is 22.9 Å². The molecule has 2 heterocycles. The van der Waals surface area contributed by atoms with Crippen molar-refractivity contribution in [2.24, 2.45) is 0 Å². The first kappa shape index (κ1) is 11.7. The van der Waals surface area contributed by atoms with Gasteiger partial charge in [-0.25, -0.2) is 4.98 Å². The molecule has 0 saturated carbocycles. The Kier molecular flexibility index (Phi) is 3.12. The Bertz CT molecular complexity index is 658. The van der Waals surface area contributed by atoms with E-state index in [1.165, 1.54) is 12.5 Å². The van der Waals surface area contributed by atoms with Gasteiger partial charge in [0, 0.05) is 22.8 Å².